The Morgan fingerprint density at radius 3 is 2.86 bits per heavy atom. The second-order valence-corrected chi connectivity index (χ2v) is 5.46. The molecule has 2 aromatic rings. The summed E-state index contributed by atoms with van der Waals surface area (Å²) in [5.41, 5.74) is 2.11. The van der Waals surface area contributed by atoms with E-state index in [1.54, 1.807) is 0 Å². The highest BCUT2D eigenvalue weighted by atomic mass is 79.9. The Hall–Kier alpha value is -2.02. The third-order valence-corrected chi connectivity index (χ3v) is 4.12. The van der Waals surface area contributed by atoms with E-state index in [0.717, 1.165) is 17.0 Å². The number of carbonyl (C=O) groups is 1. The lowest BCUT2D eigenvalue weighted by molar-refractivity contribution is 0.0945. The maximum atomic E-state index is 12.1. The fourth-order valence-corrected chi connectivity index (χ4v) is 2.39. The maximum absolute atomic E-state index is 12.1. The third kappa shape index (κ3) is 2.87. The lowest BCUT2D eigenvalue weighted by Crippen LogP contribution is -2.23. The van der Waals surface area contributed by atoms with Crippen molar-refractivity contribution in [2.24, 2.45) is 0 Å². The number of ether oxygens (including phenoxy) is 2. The Morgan fingerprint density at radius 1 is 1.38 bits per heavy atom. The number of fused-ring (bicyclic) bond motifs is 1. The molecule has 1 amide bonds. The van der Waals surface area contributed by atoms with Crippen molar-refractivity contribution in [3.05, 3.63) is 39.6 Å². The van der Waals surface area contributed by atoms with Gasteiger partial charge in [-0.2, -0.15) is 5.10 Å². The molecule has 0 bridgehead atoms. The van der Waals surface area contributed by atoms with Gasteiger partial charge in [0.25, 0.3) is 5.91 Å². The Kier molecular flexibility index (Phi) is 3.83. The van der Waals surface area contributed by atoms with Gasteiger partial charge in [0.2, 0.25) is 0 Å². The lowest BCUT2D eigenvalue weighted by atomic mass is 10.2. The molecule has 21 heavy (non-hydrogen) atoms. The molecule has 1 aromatic heterocycles. The van der Waals surface area contributed by atoms with Crippen LogP contribution in [0.1, 0.15) is 21.7 Å². The average molecular weight is 352 g/mol. The standard InChI is InChI=1S/C14H14BrN3O3/c1-8-12(15)13(18-17-8)14(19)16-7-9-2-3-10-11(6-9)21-5-4-20-10/h2-3,6H,4-5,7H2,1H3,(H,16,19)(H,17,18). The Morgan fingerprint density at radius 2 is 2.14 bits per heavy atom. The van der Waals surface area contributed by atoms with Gasteiger partial charge in [0, 0.05) is 12.2 Å². The molecule has 2 heterocycles. The number of benzene rings is 1. The molecule has 1 aliphatic rings. The summed E-state index contributed by atoms with van der Waals surface area (Å²) in [6, 6.07) is 5.63. The minimum Gasteiger partial charge on any atom is -0.486 e. The number of carbonyl (C=O) groups excluding carboxylic acids is 1. The van der Waals surface area contributed by atoms with Crippen molar-refractivity contribution in [3.8, 4) is 11.5 Å². The molecule has 0 radical (unpaired) electrons. The number of rotatable bonds is 3. The monoisotopic (exact) mass is 351 g/mol. The third-order valence-electron chi connectivity index (χ3n) is 3.15. The summed E-state index contributed by atoms with van der Waals surface area (Å²) >= 11 is 3.34. The molecular formula is C14H14BrN3O3. The quantitative estimate of drug-likeness (QED) is 0.888. The Balaban J connectivity index is 1.67. The molecular weight excluding hydrogens is 338 g/mol. The van der Waals surface area contributed by atoms with Gasteiger partial charge in [0.15, 0.2) is 17.2 Å². The molecule has 3 rings (SSSR count). The minimum absolute atomic E-state index is 0.235. The van der Waals surface area contributed by atoms with Crippen molar-refractivity contribution >= 4 is 21.8 Å². The Bertz CT molecular complexity index is 684. The normalized spacial score (nSPS) is 13.0. The van der Waals surface area contributed by atoms with E-state index in [4.69, 9.17) is 9.47 Å². The van der Waals surface area contributed by atoms with Gasteiger partial charge in [-0.1, -0.05) is 6.07 Å². The summed E-state index contributed by atoms with van der Waals surface area (Å²) in [4.78, 5) is 12.1. The number of nitrogens with one attached hydrogen (secondary N) is 2. The van der Waals surface area contributed by atoms with E-state index < -0.39 is 0 Å². The first kappa shape index (κ1) is 13.9. The molecule has 0 unspecified atom stereocenters. The summed E-state index contributed by atoms with van der Waals surface area (Å²) in [6.07, 6.45) is 0. The number of aryl methyl sites for hydroxylation is 1. The predicted molar refractivity (Wildman–Crippen MR) is 79.6 cm³/mol. The zero-order valence-corrected chi connectivity index (χ0v) is 13.0. The zero-order valence-electron chi connectivity index (χ0n) is 11.4. The van der Waals surface area contributed by atoms with E-state index in [2.05, 4.69) is 31.4 Å². The first-order valence-electron chi connectivity index (χ1n) is 6.52. The summed E-state index contributed by atoms with van der Waals surface area (Å²) in [7, 11) is 0. The molecule has 0 saturated heterocycles. The molecule has 0 spiro atoms. The smallest absolute Gasteiger partial charge is 0.273 e. The second kappa shape index (κ2) is 5.77. The van der Waals surface area contributed by atoms with Crippen LogP contribution >= 0.6 is 15.9 Å². The van der Waals surface area contributed by atoms with Gasteiger partial charge < -0.3 is 14.8 Å². The van der Waals surface area contributed by atoms with Crippen LogP contribution in [0.5, 0.6) is 11.5 Å². The van der Waals surface area contributed by atoms with E-state index in [1.165, 1.54) is 0 Å². The highest BCUT2D eigenvalue weighted by Gasteiger charge is 2.16. The highest BCUT2D eigenvalue weighted by Crippen LogP contribution is 2.30. The lowest BCUT2D eigenvalue weighted by Gasteiger charge is -2.18. The average Bonchev–Trinajstić information content (AvgIpc) is 2.84. The van der Waals surface area contributed by atoms with Crippen LogP contribution in [-0.2, 0) is 6.54 Å². The molecule has 2 N–H and O–H groups in total. The van der Waals surface area contributed by atoms with Crippen LogP contribution in [0.15, 0.2) is 22.7 Å². The van der Waals surface area contributed by atoms with Gasteiger partial charge in [-0.15, -0.1) is 0 Å². The molecule has 0 atom stereocenters. The number of aromatic nitrogens is 2. The van der Waals surface area contributed by atoms with Crippen molar-refractivity contribution in [3.63, 3.8) is 0 Å². The molecule has 0 aliphatic carbocycles. The number of H-pyrrole nitrogens is 1. The van der Waals surface area contributed by atoms with Crippen LogP contribution in [0.4, 0.5) is 0 Å². The van der Waals surface area contributed by atoms with Gasteiger partial charge in [0.1, 0.15) is 13.2 Å². The topological polar surface area (TPSA) is 76.2 Å². The van der Waals surface area contributed by atoms with Crippen molar-refractivity contribution in [1.82, 2.24) is 15.5 Å². The van der Waals surface area contributed by atoms with Gasteiger partial charge in [0.05, 0.1) is 4.47 Å². The molecule has 1 aromatic carbocycles. The van der Waals surface area contributed by atoms with Gasteiger partial charge in [-0.25, -0.2) is 0 Å². The van der Waals surface area contributed by atoms with Gasteiger partial charge in [-0.3, -0.25) is 9.89 Å². The highest BCUT2D eigenvalue weighted by molar-refractivity contribution is 9.10. The SMILES string of the molecule is Cc1[nH]nc(C(=O)NCc2ccc3c(c2)OCCO3)c1Br. The van der Waals surface area contributed by atoms with Crippen LogP contribution in [0.3, 0.4) is 0 Å². The summed E-state index contributed by atoms with van der Waals surface area (Å²) in [5.74, 6) is 1.22. The maximum Gasteiger partial charge on any atom is 0.273 e. The number of nitrogens with zero attached hydrogens (tertiary/aromatic N) is 1. The van der Waals surface area contributed by atoms with E-state index in [1.807, 2.05) is 25.1 Å². The molecule has 7 heteroatoms. The number of hydrogen-bond acceptors (Lipinski definition) is 4. The fourth-order valence-electron chi connectivity index (χ4n) is 2.03. The number of aromatic amines is 1. The van der Waals surface area contributed by atoms with Gasteiger partial charge in [-0.05, 0) is 40.5 Å². The first-order chi connectivity index (χ1) is 10.1. The fraction of sp³-hybridized carbons (Fsp3) is 0.286. The molecule has 0 saturated carbocycles. The summed E-state index contributed by atoms with van der Waals surface area (Å²) in [6.45, 7) is 3.35. The molecule has 110 valence electrons. The van der Waals surface area contributed by atoms with Crippen LogP contribution < -0.4 is 14.8 Å². The van der Waals surface area contributed by atoms with Crippen LogP contribution in [-0.4, -0.2) is 29.3 Å². The summed E-state index contributed by atoms with van der Waals surface area (Å²) in [5, 5.41) is 9.56. The predicted octanol–water partition coefficient (Wildman–Crippen LogP) is 2.18. The molecule has 1 aliphatic heterocycles. The number of halogens is 1. The zero-order chi connectivity index (χ0) is 14.8. The van der Waals surface area contributed by atoms with Crippen molar-refractivity contribution < 1.29 is 14.3 Å². The molecule has 6 nitrogen and oxygen atoms in total. The Labute approximate surface area is 130 Å². The number of amides is 1. The molecule has 0 fully saturated rings. The van der Waals surface area contributed by atoms with E-state index in [9.17, 15) is 4.79 Å². The van der Waals surface area contributed by atoms with Crippen molar-refractivity contribution in [1.29, 1.82) is 0 Å². The van der Waals surface area contributed by atoms with Crippen molar-refractivity contribution in [2.75, 3.05) is 13.2 Å². The van der Waals surface area contributed by atoms with E-state index >= 15 is 0 Å². The summed E-state index contributed by atoms with van der Waals surface area (Å²) < 4.78 is 11.7. The van der Waals surface area contributed by atoms with E-state index in [0.29, 0.717) is 35.7 Å². The second-order valence-electron chi connectivity index (χ2n) is 4.67. The van der Waals surface area contributed by atoms with Crippen molar-refractivity contribution in [2.45, 2.75) is 13.5 Å². The largest absolute Gasteiger partial charge is 0.486 e. The number of hydrogen-bond donors (Lipinski definition) is 2. The van der Waals surface area contributed by atoms with Crippen LogP contribution in [0.2, 0.25) is 0 Å². The van der Waals surface area contributed by atoms with Gasteiger partial charge >= 0.3 is 0 Å². The van der Waals surface area contributed by atoms with E-state index in [-0.39, 0.29) is 5.91 Å². The minimum atomic E-state index is -0.235. The first-order valence-corrected chi connectivity index (χ1v) is 7.31. The van der Waals surface area contributed by atoms with Crippen LogP contribution in [0, 0.1) is 6.92 Å². The van der Waals surface area contributed by atoms with Crippen LogP contribution in [0.25, 0.3) is 0 Å².